The third-order valence-electron chi connectivity index (χ3n) is 6.26. The van der Waals surface area contributed by atoms with Crippen LogP contribution in [0.5, 0.6) is 5.75 Å². The van der Waals surface area contributed by atoms with Gasteiger partial charge in [0.2, 0.25) is 0 Å². The summed E-state index contributed by atoms with van der Waals surface area (Å²) < 4.78 is 37.9. The molecule has 0 spiro atoms. The quantitative estimate of drug-likeness (QED) is 0.312. The summed E-state index contributed by atoms with van der Waals surface area (Å²) >= 11 is 0. The van der Waals surface area contributed by atoms with Crippen molar-refractivity contribution in [2.75, 3.05) is 26.5 Å². The minimum atomic E-state index is -3.62. The Hall–Kier alpha value is -3.85. The third-order valence-corrected chi connectivity index (χ3v) is 6.75. The molecule has 1 N–H and O–H groups in total. The summed E-state index contributed by atoms with van der Waals surface area (Å²) in [6.07, 6.45) is 0.968. The molecule has 3 aromatic rings. The van der Waals surface area contributed by atoms with E-state index in [2.05, 4.69) is 29.6 Å². The normalized spacial score (nSPS) is 13.2. The largest absolute Gasteiger partial charge is 0.469 e. The number of rotatable bonds is 10. The Balaban J connectivity index is 1.35. The number of methoxy groups -OCH3 is 1. The van der Waals surface area contributed by atoms with Crippen molar-refractivity contribution in [3.8, 4) is 16.9 Å². The van der Waals surface area contributed by atoms with Gasteiger partial charge < -0.3 is 19.0 Å². The molecule has 0 bridgehead atoms. The second kappa shape index (κ2) is 11.5. The number of hydrogen-bond donors (Lipinski definition) is 1. The van der Waals surface area contributed by atoms with E-state index >= 15 is 0 Å². The fourth-order valence-electron chi connectivity index (χ4n) is 4.60. The summed E-state index contributed by atoms with van der Waals surface area (Å²) in [5, 5.41) is 2.77. The zero-order valence-corrected chi connectivity index (χ0v) is 21.5. The number of benzene rings is 3. The van der Waals surface area contributed by atoms with Gasteiger partial charge in [-0.15, -0.1) is 0 Å². The molecule has 9 heteroatoms. The molecule has 0 aliphatic heterocycles. The van der Waals surface area contributed by atoms with Gasteiger partial charge in [-0.3, -0.25) is 4.79 Å². The van der Waals surface area contributed by atoms with Gasteiger partial charge in [0.25, 0.3) is 0 Å². The van der Waals surface area contributed by atoms with Crippen LogP contribution in [0.2, 0.25) is 0 Å². The number of fused-ring (bicyclic) bond motifs is 3. The van der Waals surface area contributed by atoms with Crippen LogP contribution in [0.1, 0.15) is 29.0 Å². The van der Waals surface area contributed by atoms with E-state index < -0.39 is 22.2 Å². The van der Waals surface area contributed by atoms with Crippen molar-refractivity contribution in [2.45, 2.75) is 18.8 Å². The Morgan fingerprint density at radius 2 is 1.51 bits per heavy atom. The SMILES string of the molecule is COC(=O)CC(CNC(=O)OCC1c2ccccc2-c2ccccc21)Cc1ccc(OS(C)(=O)=O)cc1. The molecule has 1 atom stereocenters. The van der Waals surface area contributed by atoms with E-state index in [1.54, 1.807) is 24.3 Å². The molecule has 1 aliphatic rings. The van der Waals surface area contributed by atoms with E-state index in [1.165, 1.54) is 7.11 Å². The summed E-state index contributed by atoms with van der Waals surface area (Å²) in [5.74, 6) is -0.491. The molecule has 37 heavy (non-hydrogen) atoms. The molecule has 8 nitrogen and oxygen atoms in total. The van der Waals surface area contributed by atoms with Crippen LogP contribution < -0.4 is 9.50 Å². The van der Waals surface area contributed by atoms with E-state index in [4.69, 9.17) is 13.7 Å². The molecule has 0 heterocycles. The second-order valence-corrected chi connectivity index (χ2v) is 10.6. The highest BCUT2D eigenvalue weighted by Gasteiger charge is 2.29. The fraction of sp³-hybridized carbons (Fsp3) is 0.286. The molecule has 0 saturated heterocycles. The van der Waals surface area contributed by atoms with Crippen molar-refractivity contribution >= 4 is 22.2 Å². The van der Waals surface area contributed by atoms with Crippen molar-refractivity contribution in [1.29, 1.82) is 0 Å². The van der Waals surface area contributed by atoms with Crippen LogP contribution in [0, 0.1) is 5.92 Å². The fourth-order valence-corrected chi connectivity index (χ4v) is 5.06. The lowest BCUT2D eigenvalue weighted by atomic mass is 9.96. The topological polar surface area (TPSA) is 108 Å². The highest BCUT2D eigenvalue weighted by molar-refractivity contribution is 7.86. The lowest BCUT2D eigenvalue weighted by molar-refractivity contribution is -0.141. The summed E-state index contributed by atoms with van der Waals surface area (Å²) in [6.45, 7) is 0.399. The first-order chi connectivity index (χ1) is 17.7. The van der Waals surface area contributed by atoms with E-state index in [-0.39, 0.29) is 37.2 Å². The Labute approximate surface area is 216 Å². The lowest BCUT2D eigenvalue weighted by Gasteiger charge is -2.18. The van der Waals surface area contributed by atoms with Crippen molar-refractivity contribution < 1.29 is 31.7 Å². The minimum absolute atomic E-state index is 0.0447. The van der Waals surface area contributed by atoms with Gasteiger partial charge in [0.15, 0.2) is 0 Å². The monoisotopic (exact) mass is 523 g/mol. The number of amides is 1. The maximum absolute atomic E-state index is 12.6. The Morgan fingerprint density at radius 3 is 2.08 bits per heavy atom. The Bertz CT molecular complexity index is 1320. The first-order valence-electron chi connectivity index (χ1n) is 11.9. The molecule has 194 valence electrons. The summed E-state index contributed by atoms with van der Waals surface area (Å²) in [4.78, 5) is 24.5. The van der Waals surface area contributed by atoms with Gasteiger partial charge in [-0.2, -0.15) is 8.42 Å². The van der Waals surface area contributed by atoms with Crippen LogP contribution >= 0.6 is 0 Å². The zero-order chi connectivity index (χ0) is 26.4. The number of hydrogen-bond acceptors (Lipinski definition) is 7. The van der Waals surface area contributed by atoms with Crippen LogP contribution in [0.3, 0.4) is 0 Å². The number of esters is 1. The Morgan fingerprint density at radius 1 is 0.919 bits per heavy atom. The van der Waals surface area contributed by atoms with E-state index in [1.807, 2.05) is 24.3 Å². The molecule has 0 fully saturated rings. The number of nitrogens with one attached hydrogen (secondary N) is 1. The first kappa shape index (κ1) is 26.2. The highest BCUT2D eigenvalue weighted by Crippen LogP contribution is 2.44. The highest BCUT2D eigenvalue weighted by atomic mass is 32.2. The minimum Gasteiger partial charge on any atom is -0.469 e. The average Bonchev–Trinajstić information content (AvgIpc) is 3.20. The number of ether oxygens (including phenoxy) is 2. The molecule has 1 aliphatic carbocycles. The zero-order valence-electron chi connectivity index (χ0n) is 20.7. The maximum atomic E-state index is 12.6. The predicted molar refractivity (Wildman–Crippen MR) is 139 cm³/mol. The van der Waals surface area contributed by atoms with Gasteiger partial charge in [-0.25, -0.2) is 4.79 Å². The second-order valence-electron chi connectivity index (χ2n) is 8.99. The van der Waals surface area contributed by atoms with Crippen LogP contribution in [-0.2, 0) is 30.8 Å². The van der Waals surface area contributed by atoms with Crippen LogP contribution in [-0.4, -0.2) is 47.0 Å². The number of carbonyl (C=O) groups excluding carboxylic acids is 2. The Kier molecular flexibility index (Phi) is 8.13. The molecule has 3 aromatic carbocycles. The van der Waals surface area contributed by atoms with Crippen LogP contribution in [0.25, 0.3) is 11.1 Å². The van der Waals surface area contributed by atoms with E-state index in [9.17, 15) is 18.0 Å². The standard InChI is InChI=1S/C28H29NO7S/c1-34-27(30)16-20(15-19-11-13-21(14-12-19)36-37(2,32)33)17-29-28(31)35-18-26-24-9-5-3-7-22(24)23-8-4-6-10-25(23)26/h3-14,20,26H,15-18H2,1-2H3,(H,29,31). The van der Waals surface area contributed by atoms with Gasteiger partial charge in [0.05, 0.1) is 19.8 Å². The lowest BCUT2D eigenvalue weighted by Crippen LogP contribution is -2.32. The van der Waals surface area contributed by atoms with Gasteiger partial charge in [0.1, 0.15) is 12.4 Å². The summed E-state index contributed by atoms with van der Waals surface area (Å²) in [6, 6.07) is 22.8. The van der Waals surface area contributed by atoms with Crippen molar-refractivity contribution in [3.05, 3.63) is 89.5 Å². The van der Waals surface area contributed by atoms with Crippen LogP contribution in [0.4, 0.5) is 4.79 Å². The van der Waals surface area contributed by atoms with Gasteiger partial charge in [-0.1, -0.05) is 60.7 Å². The van der Waals surface area contributed by atoms with Crippen molar-refractivity contribution in [3.63, 3.8) is 0 Å². The molecule has 1 unspecified atom stereocenters. The van der Waals surface area contributed by atoms with Crippen molar-refractivity contribution in [2.24, 2.45) is 5.92 Å². The predicted octanol–water partition coefficient (Wildman–Crippen LogP) is 4.29. The van der Waals surface area contributed by atoms with Gasteiger partial charge >= 0.3 is 22.2 Å². The van der Waals surface area contributed by atoms with E-state index in [0.29, 0.717) is 6.42 Å². The smallest absolute Gasteiger partial charge is 0.407 e. The van der Waals surface area contributed by atoms with Gasteiger partial charge in [-0.05, 0) is 52.3 Å². The summed E-state index contributed by atoms with van der Waals surface area (Å²) in [5.41, 5.74) is 5.41. The number of alkyl carbamates (subject to hydrolysis) is 1. The molecule has 0 aromatic heterocycles. The number of carbonyl (C=O) groups is 2. The third kappa shape index (κ3) is 6.89. The molecular weight excluding hydrogens is 494 g/mol. The molecule has 1 amide bonds. The molecule has 0 radical (unpaired) electrons. The van der Waals surface area contributed by atoms with E-state index in [0.717, 1.165) is 34.1 Å². The van der Waals surface area contributed by atoms with Gasteiger partial charge in [0, 0.05) is 12.5 Å². The maximum Gasteiger partial charge on any atom is 0.407 e. The summed E-state index contributed by atoms with van der Waals surface area (Å²) in [7, 11) is -2.30. The van der Waals surface area contributed by atoms with Crippen LogP contribution in [0.15, 0.2) is 72.8 Å². The first-order valence-corrected chi connectivity index (χ1v) is 13.7. The van der Waals surface area contributed by atoms with Crippen molar-refractivity contribution in [1.82, 2.24) is 5.32 Å². The molecular formula is C28H29NO7S. The molecule has 4 rings (SSSR count). The molecule has 0 saturated carbocycles. The average molecular weight is 524 g/mol.